The van der Waals surface area contributed by atoms with Gasteiger partial charge >= 0.3 is 5.97 Å². The molecule has 0 aliphatic rings. The van der Waals surface area contributed by atoms with Gasteiger partial charge in [-0.3, -0.25) is 4.79 Å². The number of hydrogen-bond donors (Lipinski definition) is 1. The number of benzene rings is 3. The van der Waals surface area contributed by atoms with Crippen molar-refractivity contribution in [3.8, 4) is 23.0 Å². The van der Waals surface area contributed by atoms with Crippen LogP contribution in [0.1, 0.15) is 0 Å². The lowest BCUT2D eigenvalue weighted by Gasteiger charge is -2.10. The minimum absolute atomic E-state index is 0.334. The molecule has 0 aliphatic heterocycles. The van der Waals surface area contributed by atoms with Crippen LogP contribution in [0.4, 0.5) is 5.69 Å². The fourth-order valence-electron chi connectivity index (χ4n) is 2.49. The van der Waals surface area contributed by atoms with Crippen molar-refractivity contribution in [1.82, 2.24) is 0 Å². The summed E-state index contributed by atoms with van der Waals surface area (Å²) in [6, 6.07) is 23.2. The number of methoxy groups -OCH3 is 1. The van der Waals surface area contributed by atoms with E-state index in [0.29, 0.717) is 22.9 Å². The predicted molar refractivity (Wildman–Crippen MR) is 111 cm³/mol. The average Bonchev–Trinajstić information content (AvgIpc) is 2.78. The van der Waals surface area contributed by atoms with Gasteiger partial charge in [-0.2, -0.15) is 0 Å². The van der Waals surface area contributed by atoms with E-state index in [-0.39, 0.29) is 6.61 Å². The van der Waals surface area contributed by atoms with Gasteiger partial charge in [0.1, 0.15) is 11.5 Å². The number of ether oxygens (including phenoxy) is 4. The predicted octanol–water partition coefficient (Wildman–Crippen LogP) is 4.05. The molecule has 0 bridgehead atoms. The molecule has 0 saturated carbocycles. The van der Waals surface area contributed by atoms with Gasteiger partial charge < -0.3 is 24.3 Å². The quantitative estimate of drug-likeness (QED) is 0.539. The molecule has 0 aromatic heterocycles. The highest BCUT2D eigenvalue weighted by atomic mass is 16.6. The number of hydrogen-bond acceptors (Lipinski definition) is 6. The lowest BCUT2D eigenvalue weighted by molar-refractivity contribution is -0.149. The number of nitrogens with one attached hydrogen (secondary N) is 1. The highest BCUT2D eigenvalue weighted by molar-refractivity contribution is 5.92. The first-order valence-electron chi connectivity index (χ1n) is 9.18. The fourth-order valence-corrected chi connectivity index (χ4v) is 2.49. The zero-order valence-corrected chi connectivity index (χ0v) is 16.4. The van der Waals surface area contributed by atoms with E-state index in [1.54, 1.807) is 48.5 Å². The molecule has 0 unspecified atom stereocenters. The van der Waals surface area contributed by atoms with Crippen LogP contribution in [0.3, 0.4) is 0 Å². The Morgan fingerprint density at radius 3 is 2.10 bits per heavy atom. The SMILES string of the molecule is COc1ccccc1OCC(=O)OCC(=O)Nc1ccc(Oc2ccccc2)cc1. The van der Waals surface area contributed by atoms with E-state index in [4.69, 9.17) is 18.9 Å². The van der Waals surface area contributed by atoms with E-state index in [2.05, 4.69) is 5.32 Å². The molecular weight excluding hydrogens is 386 g/mol. The summed E-state index contributed by atoms with van der Waals surface area (Å²) in [4.78, 5) is 23.8. The van der Waals surface area contributed by atoms with Crippen molar-refractivity contribution in [3.63, 3.8) is 0 Å². The molecule has 1 N–H and O–H groups in total. The molecule has 7 heteroatoms. The minimum Gasteiger partial charge on any atom is -0.493 e. The number of para-hydroxylation sites is 3. The van der Waals surface area contributed by atoms with Crippen molar-refractivity contribution in [2.75, 3.05) is 25.6 Å². The van der Waals surface area contributed by atoms with Crippen LogP contribution in [0, 0.1) is 0 Å². The van der Waals surface area contributed by atoms with Gasteiger partial charge in [-0.15, -0.1) is 0 Å². The summed E-state index contributed by atoms with van der Waals surface area (Å²) >= 11 is 0. The lowest BCUT2D eigenvalue weighted by Crippen LogP contribution is -2.23. The summed E-state index contributed by atoms with van der Waals surface area (Å²) in [6.07, 6.45) is 0. The third kappa shape index (κ3) is 6.27. The van der Waals surface area contributed by atoms with Crippen LogP contribution in [-0.4, -0.2) is 32.2 Å². The topological polar surface area (TPSA) is 83.1 Å². The second-order valence-electron chi connectivity index (χ2n) is 6.09. The highest BCUT2D eigenvalue weighted by Crippen LogP contribution is 2.25. The Labute approximate surface area is 174 Å². The Kier molecular flexibility index (Phi) is 7.27. The summed E-state index contributed by atoms with van der Waals surface area (Å²) in [7, 11) is 1.51. The molecule has 7 nitrogen and oxygen atoms in total. The summed E-state index contributed by atoms with van der Waals surface area (Å²) in [5, 5.41) is 2.65. The van der Waals surface area contributed by atoms with Gasteiger partial charge in [0.05, 0.1) is 7.11 Å². The Morgan fingerprint density at radius 2 is 1.40 bits per heavy atom. The van der Waals surface area contributed by atoms with Gasteiger partial charge in [0, 0.05) is 5.69 Å². The van der Waals surface area contributed by atoms with Crippen molar-refractivity contribution in [2.45, 2.75) is 0 Å². The number of carbonyl (C=O) groups excluding carboxylic acids is 2. The summed E-state index contributed by atoms with van der Waals surface area (Å²) in [5.74, 6) is 1.15. The van der Waals surface area contributed by atoms with Crippen LogP contribution in [0.15, 0.2) is 78.9 Å². The van der Waals surface area contributed by atoms with Gasteiger partial charge in [0.15, 0.2) is 24.7 Å². The van der Waals surface area contributed by atoms with Crippen molar-refractivity contribution in [3.05, 3.63) is 78.9 Å². The molecule has 0 radical (unpaired) electrons. The van der Waals surface area contributed by atoms with Crippen LogP contribution in [0.25, 0.3) is 0 Å². The first-order chi connectivity index (χ1) is 14.6. The maximum absolute atomic E-state index is 12.0. The van der Waals surface area contributed by atoms with E-state index < -0.39 is 18.5 Å². The van der Waals surface area contributed by atoms with Crippen molar-refractivity contribution in [2.24, 2.45) is 0 Å². The minimum atomic E-state index is -0.664. The van der Waals surface area contributed by atoms with Crippen LogP contribution in [0.5, 0.6) is 23.0 Å². The zero-order chi connectivity index (χ0) is 21.2. The van der Waals surface area contributed by atoms with Crippen molar-refractivity contribution in [1.29, 1.82) is 0 Å². The molecule has 0 spiro atoms. The van der Waals surface area contributed by atoms with Gasteiger partial charge in [0.25, 0.3) is 5.91 Å². The zero-order valence-electron chi connectivity index (χ0n) is 16.4. The maximum atomic E-state index is 12.0. The third-order valence-electron chi connectivity index (χ3n) is 3.90. The molecule has 3 aromatic carbocycles. The van der Waals surface area contributed by atoms with Crippen LogP contribution in [-0.2, 0) is 14.3 Å². The molecule has 3 rings (SSSR count). The second kappa shape index (κ2) is 10.5. The fraction of sp³-hybridized carbons (Fsp3) is 0.130. The van der Waals surface area contributed by atoms with E-state index >= 15 is 0 Å². The maximum Gasteiger partial charge on any atom is 0.344 e. The molecule has 0 fully saturated rings. The Balaban J connectivity index is 1.41. The van der Waals surface area contributed by atoms with Gasteiger partial charge in [-0.1, -0.05) is 30.3 Å². The molecule has 0 aliphatic carbocycles. The van der Waals surface area contributed by atoms with E-state index in [1.807, 2.05) is 30.3 Å². The van der Waals surface area contributed by atoms with Crippen molar-refractivity contribution < 1.29 is 28.5 Å². The molecule has 0 heterocycles. The lowest BCUT2D eigenvalue weighted by atomic mass is 10.3. The number of esters is 1. The highest BCUT2D eigenvalue weighted by Gasteiger charge is 2.11. The van der Waals surface area contributed by atoms with Crippen LogP contribution >= 0.6 is 0 Å². The number of carbonyl (C=O) groups is 2. The van der Waals surface area contributed by atoms with Crippen LogP contribution in [0.2, 0.25) is 0 Å². The first-order valence-corrected chi connectivity index (χ1v) is 9.18. The smallest absolute Gasteiger partial charge is 0.344 e. The normalized spacial score (nSPS) is 10.0. The van der Waals surface area contributed by atoms with Gasteiger partial charge in [-0.05, 0) is 48.5 Å². The summed E-state index contributed by atoms with van der Waals surface area (Å²) in [5.41, 5.74) is 0.557. The largest absolute Gasteiger partial charge is 0.493 e. The van der Waals surface area contributed by atoms with Crippen molar-refractivity contribution >= 4 is 17.6 Å². The second-order valence-corrected chi connectivity index (χ2v) is 6.09. The summed E-state index contributed by atoms with van der Waals surface area (Å²) in [6.45, 7) is -0.754. The Bertz CT molecular complexity index is 972. The average molecular weight is 407 g/mol. The number of amides is 1. The van der Waals surface area contributed by atoms with E-state index in [9.17, 15) is 9.59 Å². The molecule has 0 atom stereocenters. The summed E-state index contributed by atoms with van der Waals surface area (Å²) < 4.78 is 21.1. The first kappa shape index (κ1) is 20.7. The van der Waals surface area contributed by atoms with Crippen LogP contribution < -0.4 is 19.5 Å². The van der Waals surface area contributed by atoms with Gasteiger partial charge in [-0.25, -0.2) is 4.79 Å². The molecular formula is C23H21NO6. The monoisotopic (exact) mass is 407 g/mol. The number of rotatable bonds is 9. The van der Waals surface area contributed by atoms with E-state index in [0.717, 1.165) is 5.75 Å². The standard InChI is InChI=1S/C23H21NO6/c1-27-20-9-5-6-10-21(20)28-16-23(26)29-15-22(25)24-17-11-13-19(14-12-17)30-18-7-3-2-4-8-18/h2-14H,15-16H2,1H3,(H,24,25). The molecule has 30 heavy (non-hydrogen) atoms. The van der Waals surface area contributed by atoms with E-state index in [1.165, 1.54) is 7.11 Å². The molecule has 154 valence electrons. The van der Waals surface area contributed by atoms with Gasteiger partial charge in [0.2, 0.25) is 0 Å². The Morgan fingerprint density at radius 1 is 0.767 bits per heavy atom. The molecule has 3 aromatic rings. The third-order valence-corrected chi connectivity index (χ3v) is 3.90. The number of anilines is 1. The Hall–Kier alpha value is -4.00. The molecule has 0 saturated heterocycles. The molecule has 1 amide bonds.